The molecule has 5 heteroatoms. The van der Waals surface area contributed by atoms with E-state index < -0.39 is 0 Å². The molecule has 5 nitrogen and oxygen atoms in total. The monoisotopic (exact) mass is 224 g/mol. The molecule has 1 unspecified atom stereocenters. The highest BCUT2D eigenvalue weighted by Gasteiger charge is 2.08. The normalized spacial score (nSPS) is 12.5. The van der Waals surface area contributed by atoms with Crippen LogP contribution in [0.3, 0.4) is 0 Å². The molecule has 1 aromatic rings. The Morgan fingerprint density at radius 1 is 1.69 bits per heavy atom. The number of carbonyl (C=O) groups excluding carboxylic acids is 1. The third-order valence-corrected chi connectivity index (χ3v) is 2.56. The fraction of sp³-hybridized carbons (Fsp3) is 0.636. The van der Waals surface area contributed by atoms with Crippen LogP contribution in [-0.4, -0.2) is 21.7 Å². The number of aromatic nitrogens is 2. The van der Waals surface area contributed by atoms with Crippen LogP contribution in [0.2, 0.25) is 0 Å². The molecule has 1 amide bonds. The zero-order chi connectivity index (χ0) is 12.1. The SMILES string of the molecule is CCC(N)CC(=O)NCc1cn(C)nc1C. The van der Waals surface area contributed by atoms with Crippen LogP contribution in [0.15, 0.2) is 6.20 Å². The molecule has 0 fully saturated rings. The van der Waals surface area contributed by atoms with E-state index in [9.17, 15) is 4.79 Å². The quantitative estimate of drug-likeness (QED) is 0.763. The van der Waals surface area contributed by atoms with Crippen LogP contribution in [0.5, 0.6) is 0 Å². The molecule has 16 heavy (non-hydrogen) atoms. The molecule has 0 bridgehead atoms. The predicted octanol–water partition coefficient (Wildman–Crippen LogP) is 0.472. The Hall–Kier alpha value is -1.36. The van der Waals surface area contributed by atoms with E-state index in [-0.39, 0.29) is 11.9 Å². The first-order valence-electron chi connectivity index (χ1n) is 5.54. The summed E-state index contributed by atoms with van der Waals surface area (Å²) in [5, 5.41) is 7.05. The van der Waals surface area contributed by atoms with Gasteiger partial charge in [0, 0.05) is 37.8 Å². The highest BCUT2D eigenvalue weighted by atomic mass is 16.1. The van der Waals surface area contributed by atoms with Gasteiger partial charge >= 0.3 is 0 Å². The second kappa shape index (κ2) is 5.65. The number of aryl methyl sites for hydroxylation is 2. The topological polar surface area (TPSA) is 72.9 Å². The maximum atomic E-state index is 11.5. The lowest BCUT2D eigenvalue weighted by atomic mass is 10.1. The Bertz CT molecular complexity index is 359. The first kappa shape index (κ1) is 12.7. The van der Waals surface area contributed by atoms with Gasteiger partial charge in [0.15, 0.2) is 0 Å². The van der Waals surface area contributed by atoms with Crippen LogP contribution in [0.4, 0.5) is 0 Å². The molecule has 0 aliphatic carbocycles. The average molecular weight is 224 g/mol. The van der Waals surface area contributed by atoms with E-state index in [1.54, 1.807) is 4.68 Å². The van der Waals surface area contributed by atoms with E-state index in [1.165, 1.54) is 0 Å². The van der Waals surface area contributed by atoms with Crippen molar-refractivity contribution in [1.29, 1.82) is 0 Å². The first-order chi connectivity index (χ1) is 7.52. The van der Waals surface area contributed by atoms with E-state index >= 15 is 0 Å². The summed E-state index contributed by atoms with van der Waals surface area (Å²) in [4.78, 5) is 11.5. The van der Waals surface area contributed by atoms with Gasteiger partial charge in [-0.1, -0.05) is 6.92 Å². The van der Waals surface area contributed by atoms with E-state index in [1.807, 2.05) is 27.1 Å². The van der Waals surface area contributed by atoms with Crippen LogP contribution in [-0.2, 0) is 18.4 Å². The largest absolute Gasteiger partial charge is 0.352 e. The van der Waals surface area contributed by atoms with E-state index in [4.69, 9.17) is 5.73 Å². The van der Waals surface area contributed by atoms with Gasteiger partial charge in [-0.2, -0.15) is 5.10 Å². The Labute approximate surface area is 96.0 Å². The molecule has 1 heterocycles. The van der Waals surface area contributed by atoms with Crippen LogP contribution in [0, 0.1) is 6.92 Å². The van der Waals surface area contributed by atoms with Gasteiger partial charge in [-0.25, -0.2) is 0 Å². The fourth-order valence-electron chi connectivity index (χ4n) is 1.47. The molecule has 0 aliphatic rings. The molecule has 0 spiro atoms. The van der Waals surface area contributed by atoms with Gasteiger partial charge in [-0.15, -0.1) is 0 Å². The van der Waals surface area contributed by atoms with Crippen molar-refractivity contribution in [3.8, 4) is 0 Å². The van der Waals surface area contributed by atoms with Crippen molar-refractivity contribution >= 4 is 5.91 Å². The molecule has 1 atom stereocenters. The Morgan fingerprint density at radius 2 is 2.38 bits per heavy atom. The minimum Gasteiger partial charge on any atom is -0.352 e. The number of carbonyl (C=O) groups is 1. The Morgan fingerprint density at radius 3 is 2.88 bits per heavy atom. The Balaban J connectivity index is 2.40. The second-order valence-electron chi connectivity index (χ2n) is 4.06. The predicted molar refractivity (Wildman–Crippen MR) is 62.7 cm³/mol. The summed E-state index contributed by atoms with van der Waals surface area (Å²) in [6.45, 7) is 4.43. The van der Waals surface area contributed by atoms with Crippen molar-refractivity contribution in [2.45, 2.75) is 39.3 Å². The number of hydrogen-bond acceptors (Lipinski definition) is 3. The number of nitrogens with two attached hydrogens (primary N) is 1. The maximum absolute atomic E-state index is 11.5. The van der Waals surface area contributed by atoms with E-state index in [0.29, 0.717) is 13.0 Å². The summed E-state index contributed by atoms with van der Waals surface area (Å²) in [5.41, 5.74) is 7.69. The molecule has 1 rings (SSSR count). The smallest absolute Gasteiger partial charge is 0.221 e. The van der Waals surface area contributed by atoms with Crippen LogP contribution in [0.25, 0.3) is 0 Å². The zero-order valence-corrected chi connectivity index (χ0v) is 10.2. The van der Waals surface area contributed by atoms with Gasteiger partial charge in [-0.3, -0.25) is 9.48 Å². The van der Waals surface area contributed by atoms with Gasteiger partial charge in [0.1, 0.15) is 0 Å². The maximum Gasteiger partial charge on any atom is 0.221 e. The molecular formula is C11H20N4O. The van der Waals surface area contributed by atoms with Crippen molar-refractivity contribution in [2.24, 2.45) is 12.8 Å². The summed E-state index contributed by atoms with van der Waals surface area (Å²) in [6.07, 6.45) is 3.12. The van der Waals surface area contributed by atoms with E-state index in [0.717, 1.165) is 17.7 Å². The standard InChI is InChI=1S/C11H20N4O/c1-4-10(12)5-11(16)13-6-9-7-15(3)14-8(9)2/h7,10H,4-6,12H2,1-3H3,(H,13,16). The molecule has 3 N–H and O–H groups in total. The van der Waals surface area contributed by atoms with E-state index in [2.05, 4.69) is 10.4 Å². The lowest BCUT2D eigenvalue weighted by Crippen LogP contribution is -2.30. The number of rotatable bonds is 5. The number of nitrogens with zero attached hydrogens (tertiary/aromatic N) is 2. The number of amides is 1. The molecule has 0 aromatic carbocycles. The summed E-state index contributed by atoms with van der Waals surface area (Å²) >= 11 is 0. The molecule has 0 radical (unpaired) electrons. The van der Waals surface area contributed by atoms with Crippen LogP contribution < -0.4 is 11.1 Å². The number of hydrogen-bond donors (Lipinski definition) is 2. The van der Waals surface area contributed by atoms with Crippen molar-refractivity contribution in [3.63, 3.8) is 0 Å². The molecule has 1 aromatic heterocycles. The highest BCUT2D eigenvalue weighted by Crippen LogP contribution is 2.04. The highest BCUT2D eigenvalue weighted by molar-refractivity contribution is 5.76. The lowest BCUT2D eigenvalue weighted by Gasteiger charge is -2.08. The first-order valence-corrected chi connectivity index (χ1v) is 5.54. The second-order valence-corrected chi connectivity index (χ2v) is 4.06. The van der Waals surface area contributed by atoms with Gasteiger partial charge in [0.05, 0.1) is 5.69 Å². The summed E-state index contributed by atoms with van der Waals surface area (Å²) < 4.78 is 1.74. The Kier molecular flexibility index (Phi) is 4.49. The molecule has 0 aliphatic heterocycles. The molecule has 90 valence electrons. The van der Waals surface area contributed by atoms with Gasteiger partial charge in [0.25, 0.3) is 0 Å². The van der Waals surface area contributed by atoms with Gasteiger partial charge in [-0.05, 0) is 13.3 Å². The lowest BCUT2D eigenvalue weighted by molar-refractivity contribution is -0.121. The minimum atomic E-state index is -0.0463. The third kappa shape index (κ3) is 3.66. The summed E-state index contributed by atoms with van der Waals surface area (Å²) in [5.74, 6) is -0.00222. The zero-order valence-electron chi connectivity index (χ0n) is 10.2. The van der Waals surface area contributed by atoms with Crippen LogP contribution >= 0.6 is 0 Å². The van der Waals surface area contributed by atoms with Crippen LogP contribution in [0.1, 0.15) is 31.0 Å². The molecule has 0 saturated carbocycles. The van der Waals surface area contributed by atoms with Crippen molar-refractivity contribution in [1.82, 2.24) is 15.1 Å². The minimum absolute atomic E-state index is 0.00222. The summed E-state index contributed by atoms with van der Waals surface area (Å²) in [6, 6.07) is -0.0463. The van der Waals surface area contributed by atoms with Gasteiger partial charge < -0.3 is 11.1 Å². The molecule has 0 saturated heterocycles. The summed E-state index contributed by atoms with van der Waals surface area (Å²) in [7, 11) is 1.87. The fourth-order valence-corrected chi connectivity index (χ4v) is 1.47. The van der Waals surface area contributed by atoms with Crippen molar-refractivity contribution in [2.75, 3.05) is 0 Å². The van der Waals surface area contributed by atoms with Gasteiger partial charge in [0.2, 0.25) is 5.91 Å². The number of nitrogens with one attached hydrogen (secondary N) is 1. The third-order valence-electron chi connectivity index (χ3n) is 2.56. The van der Waals surface area contributed by atoms with Crippen molar-refractivity contribution in [3.05, 3.63) is 17.5 Å². The average Bonchev–Trinajstić information content (AvgIpc) is 2.54. The van der Waals surface area contributed by atoms with Crippen molar-refractivity contribution < 1.29 is 4.79 Å². The molecular weight excluding hydrogens is 204 g/mol.